The summed E-state index contributed by atoms with van der Waals surface area (Å²) in [5, 5.41) is 25.5. The van der Waals surface area contributed by atoms with Crippen LogP contribution in [0.3, 0.4) is 0 Å². The summed E-state index contributed by atoms with van der Waals surface area (Å²) in [6.07, 6.45) is 16.5. The van der Waals surface area contributed by atoms with E-state index in [0.29, 0.717) is 88.2 Å². The van der Waals surface area contributed by atoms with Gasteiger partial charge in [0, 0.05) is 155 Å². The average molecular weight is 1400 g/mol. The first-order chi connectivity index (χ1) is 48.5. The SMILES string of the molecule is C.NCc1ccc2c(N)nccc2c1.Nc1nccc2cc(CNC(=O)c3ccnc(Cc4ccc5ncc(Cl)cc5c4)c3)ccc12.Nc1nccc2cc(CNC(=O)c3ccnc(Cc4ccc5ncc(Cl)cc5c4)c3)ccc12.O=C(O)c1ccnc(Cc2ccc3ncc(Cl)cc3c2)c1. The van der Waals surface area contributed by atoms with Gasteiger partial charge < -0.3 is 38.7 Å². The summed E-state index contributed by atoms with van der Waals surface area (Å²) >= 11 is 18.1. The molecule has 0 aliphatic carbocycles. The zero-order valence-corrected chi connectivity index (χ0v) is 55.7. The molecule has 2 amide bonds. The van der Waals surface area contributed by atoms with Crippen LogP contribution < -0.4 is 33.6 Å². The number of carbonyl (C=O) groups is 3. The molecule has 0 saturated carbocycles. The van der Waals surface area contributed by atoms with Crippen molar-refractivity contribution in [2.45, 2.75) is 46.3 Å². The molecule has 0 unspecified atom stereocenters. The van der Waals surface area contributed by atoms with Gasteiger partial charge in [-0.3, -0.25) is 39.5 Å². The number of rotatable bonds is 14. The van der Waals surface area contributed by atoms with Gasteiger partial charge in [-0.15, -0.1) is 0 Å². The zero-order chi connectivity index (χ0) is 69.7. The van der Waals surface area contributed by atoms with Gasteiger partial charge in [-0.1, -0.05) is 96.8 Å². The van der Waals surface area contributed by atoms with E-state index >= 15 is 0 Å². The van der Waals surface area contributed by atoms with Gasteiger partial charge in [0.1, 0.15) is 17.5 Å². The van der Waals surface area contributed by atoms with Crippen LogP contribution in [0.5, 0.6) is 0 Å². The van der Waals surface area contributed by atoms with Gasteiger partial charge in [0.2, 0.25) is 0 Å². The molecule has 0 radical (unpaired) electrons. The highest BCUT2D eigenvalue weighted by Crippen LogP contribution is 2.26. The second kappa shape index (κ2) is 32.5. The zero-order valence-electron chi connectivity index (χ0n) is 53.4. The number of hydrogen-bond acceptors (Lipinski definition) is 16. The van der Waals surface area contributed by atoms with Crippen molar-refractivity contribution in [3.63, 3.8) is 0 Å². The molecule has 9 aromatic heterocycles. The number of aromatic nitrogens is 9. The highest BCUT2D eigenvalue weighted by Gasteiger charge is 2.13. The molecule has 15 aromatic rings. The largest absolute Gasteiger partial charge is 0.478 e. The summed E-state index contributed by atoms with van der Waals surface area (Å²) in [5.74, 6) is 0.315. The van der Waals surface area contributed by atoms with Crippen molar-refractivity contribution in [2.75, 3.05) is 17.2 Å². The second-order valence-electron chi connectivity index (χ2n) is 23.3. The molecule has 0 fully saturated rings. The highest BCUT2D eigenvalue weighted by atomic mass is 35.5. The summed E-state index contributed by atoms with van der Waals surface area (Å²) in [4.78, 5) is 74.7. The molecule has 19 nitrogen and oxygen atoms in total. The van der Waals surface area contributed by atoms with E-state index in [1.807, 2.05) is 158 Å². The normalized spacial score (nSPS) is 10.8. The number of fused-ring (bicyclic) bond motifs is 6. The molecular weight excluding hydrogens is 1330 g/mol. The molecule has 0 aliphatic heterocycles. The Morgan fingerprint density at radius 3 is 1.01 bits per heavy atom. The van der Waals surface area contributed by atoms with Crippen molar-refractivity contribution in [1.82, 2.24) is 55.5 Å². The van der Waals surface area contributed by atoms with Crippen LogP contribution in [0.1, 0.15) is 89.0 Å². The predicted octanol–water partition coefficient (Wildman–Crippen LogP) is 15.4. The van der Waals surface area contributed by atoms with Crippen LogP contribution in [0.4, 0.5) is 17.5 Å². The highest BCUT2D eigenvalue weighted by molar-refractivity contribution is 6.31. The molecule has 101 heavy (non-hydrogen) atoms. The third-order valence-electron chi connectivity index (χ3n) is 16.2. The molecule has 0 spiro atoms. The number of carbonyl (C=O) groups excluding carboxylic acids is 2. The Labute approximate surface area is 595 Å². The number of hydrogen-bond donors (Lipinski definition) is 7. The van der Waals surface area contributed by atoms with Gasteiger partial charge in [0.05, 0.1) is 37.2 Å². The lowest BCUT2D eigenvalue weighted by atomic mass is 10.0. The van der Waals surface area contributed by atoms with Crippen LogP contribution in [0, 0.1) is 0 Å². The molecule has 0 bridgehead atoms. The average Bonchev–Trinajstić information content (AvgIpc) is 0.854. The van der Waals surface area contributed by atoms with E-state index in [2.05, 4.69) is 55.5 Å². The van der Waals surface area contributed by atoms with Gasteiger partial charge in [0.25, 0.3) is 11.8 Å². The number of benzene rings is 6. The van der Waals surface area contributed by atoms with Gasteiger partial charge in [0.15, 0.2) is 0 Å². The minimum Gasteiger partial charge on any atom is -0.478 e. The second-order valence-corrected chi connectivity index (χ2v) is 24.6. The number of halogens is 3. The fraction of sp³-hybridized carbons (Fsp3) is 0.0886. The standard InChI is InChI=1S/2C26H20ClN5O.C16H11ClN2O2.C10H11N3.CH4/c2*27-21-12-20-9-16(2-4-24(20)31-15-21)11-22-13-19(6-7-29-22)26(33)32-14-17-1-3-23-18(10-17)5-8-30-25(23)28;17-13-7-12-5-10(1-2-15(12)19-9-13)6-14-8-11(16(20)21)3-4-18-14;11-6-7-1-2-9-8(5-7)3-4-13-10(9)12;/h2*1-10,12-13,15H,11,14H2,(H2,28,30)(H,32,33);1-5,7-9H,6H2,(H,20,21);1-5H,6,11H2,(H2,12,13);1H4. The molecular formula is C79H66Cl3N15O4. The first-order valence-electron chi connectivity index (χ1n) is 31.4. The van der Waals surface area contributed by atoms with E-state index in [9.17, 15) is 14.4 Å². The van der Waals surface area contributed by atoms with Gasteiger partial charge in [-0.2, -0.15) is 0 Å². The number of anilines is 3. The number of nitrogens with zero attached hydrogens (tertiary/aromatic N) is 9. The molecule has 11 N–H and O–H groups in total. The summed E-state index contributed by atoms with van der Waals surface area (Å²) in [7, 11) is 0. The lowest BCUT2D eigenvalue weighted by Gasteiger charge is -2.09. The molecule has 0 aliphatic rings. The molecule has 0 saturated heterocycles. The van der Waals surface area contributed by atoms with Gasteiger partial charge >= 0.3 is 5.97 Å². The Bertz CT molecular complexity index is 5350. The lowest BCUT2D eigenvalue weighted by Crippen LogP contribution is -2.23. The van der Waals surface area contributed by atoms with E-state index in [1.54, 1.807) is 67.8 Å². The Balaban J connectivity index is 0.000000142. The number of pyridine rings is 9. The predicted molar refractivity (Wildman–Crippen MR) is 404 cm³/mol. The van der Waals surface area contributed by atoms with Crippen molar-refractivity contribution in [2.24, 2.45) is 5.73 Å². The van der Waals surface area contributed by atoms with Crippen LogP contribution >= 0.6 is 34.8 Å². The van der Waals surface area contributed by atoms with Gasteiger partial charge in [-0.05, 0) is 177 Å². The quantitative estimate of drug-likeness (QED) is 0.0532. The molecule has 502 valence electrons. The summed E-state index contributed by atoms with van der Waals surface area (Å²) in [6, 6.07) is 57.2. The number of nitrogens with one attached hydrogen (secondary N) is 2. The van der Waals surface area contributed by atoms with E-state index < -0.39 is 5.97 Å². The smallest absolute Gasteiger partial charge is 0.335 e. The molecule has 0 atom stereocenters. The fourth-order valence-electron chi connectivity index (χ4n) is 11.2. The van der Waals surface area contributed by atoms with Crippen LogP contribution in [0.25, 0.3) is 65.0 Å². The van der Waals surface area contributed by atoms with Crippen molar-refractivity contribution in [1.29, 1.82) is 0 Å². The van der Waals surface area contributed by atoms with Crippen LogP contribution in [0.2, 0.25) is 15.1 Å². The maximum Gasteiger partial charge on any atom is 0.335 e. The van der Waals surface area contributed by atoms with Crippen molar-refractivity contribution in [3.05, 3.63) is 320 Å². The summed E-state index contributed by atoms with van der Waals surface area (Å²) in [5.41, 5.74) is 35.7. The monoisotopic (exact) mass is 1390 g/mol. The molecule has 9 heterocycles. The van der Waals surface area contributed by atoms with Crippen LogP contribution in [0.15, 0.2) is 238 Å². The van der Waals surface area contributed by atoms with Crippen molar-refractivity contribution >= 4 is 135 Å². The first kappa shape index (κ1) is 70.2. The Morgan fingerprint density at radius 1 is 0.347 bits per heavy atom. The summed E-state index contributed by atoms with van der Waals surface area (Å²) in [6.45, 7) is 1.37. The minimum absolute atomic E-state index is 0. The third kappa shape index (κ3) is 18.2. The molecule has 15 rings (SSSR count). The number of nitrogens with two attached hydrogens (primary N) is 4. The lowest BCUT2D eigenvalue weighted by molar-refractivity contribution is 0.0696. The van der Waals surface area contributed by atoms with Crippen LogP contribution in [-0.2, 0) is 38.9 Å². The van der Waals surface area contributed by atoms with E-state index in [4.69, 9.17) is 62.8 Å². The first-order valence-corrected chi connectivity index (χ1v) is 32.5. The fourth-order valence-corrected chi connectivity index (χ4v) is 11.7. The topological polar surface area (TPSA) is 316 Å². The Morgan fingerprint density at radius 2 is 0.653 bits per heavy atom. The number of nitrogen functional groups attached to an aromatic ring is 3. The number of carboxylic acids is 1. The Hall–Kier alpha value is -12.1. The summed E-state index contributed by atoms with van der Waals surface area (Å²) < 4.78 is 0. The molecule has 22 heteroatoms. The number of aromatic carboxylic acids is 1. The van der Waals surface area contributed by atoms with Crippen LogP contribution in [-0.4, -0.2) is 67.7 Å². The molecule has 6 aromatic carbocycles. The van der Waals surface area contributed by atoms with E-state index in [0.717, 1.165) is 110 Å². The number of carboxylic acid groups (broad SMARTS) is 1. The maximum absolute atomic E-state index is 12.8. The van der Waals surface area contributed by atoms with Crippen molar-refractivity contribution < 1.29 is 19.5 Å². The number of amides is 2. The van der Waals surface area contributed by atoms with E-state index in [1.165, 1.54) is 12.3 Å². The Kier molecular flexibility index (Phi) is 22.6. The third-order valence-corrected chi connectivity index (χ3v) is 16.9. The van der Waals surface area contributed by atoms with E-state index in [-0.39, 0.29) is 24.8 Å². The maximum atomic E-state index is 12.8. The minimum atomic E-state index is -0.951. The van der Waals surface area contributed by atoms with Gasteiger partial charge in [-0.25, -0.2) is 19.7 Å². The van der Waals surface area contributed by atoms with Crippen molar-refractivity contribution in [3.8, 4) is 0 Å².